The maximum absolute atomic E-state index is 10.7. The van der Waals surface area contributed by atoms with Crippen molar-refractivity contribution in [3.63, 3.8) is 0 Å². The third-order valence-corrected chi connectivity index (χ3v) is 3.35. The summed E-state index contributed by atoms with van der Waals surface area (Å²) in [6, 6.07) is 3.97. The number of aliphatic carboxylic acids is 1. The first kappa shape index (κ1) is 15.1. The fraction of sp³-hybridized carbons (Fsp3) is 0.375. The second-order valence-corrected chi connectivity index (χ2v) is 5.44. The molecule has 21 heavy (non-hydrogen) atoms. The molecule has 1 aromatic heterocycles. The topological polar surface area (TPSA) is 64.3 Å². The van der Waals surface area contributed by atoms with Crippen molar-refractivity contribution in [2.45, 2.75) is 26.7 Å². The van der Waals surface area contributed by atoms with Crippen LogP contribution in [0.2, 0.25) is 0 Å². The van der Waals surface area contributed by atoms with E-state index < -0.39 is 5.97 Å². The number of aryl methyl sites for hydroxylation is 2. The van der Waals surface area contributed by atoms with Crippen LogP contribution in [0.5, 0.6) is 5.75 Å². The maximum Gasteiger partial charge on any atom is 0.341 e. The number of ether oxygens (including phenoxy) is 1. The van der Waals surface area contributed by atoms with Gasteiger partial charge >= 0.3 is 5.97 Å². The van der Waals surface area contributed by atoms with Crippen LogP contribution in [-0.2, 0) is 11.8 Å². The fourth-order valence-corrected chi connectivity index (χ4v) is 2.29. The Hall–Kier alpha value is -2.30. The highest BCUT2D eigenvalue weighted by molar-refractivity contribution is 5.70. The van der Waals surface area contributed by atoms with Gasteiger partial charge in [0.25, 0.3) is 0 Å². The van der Waals surface area contributed by atoms with Crippen LogP contribution in [0, 0.1) is 6.92 Å². The number of hydrogen-bond acceptors (Lipinski definition) is 3. The molecular formula is C16H20N2O3. The molecule has 0 radical (unpaired) electrons. The molecule has 0 spiro atoms. The standard InChI is InChI=1S/C16H20N2O3/c1-10(2)13-6-14(12-7-17-18(4)8-12)11(3)5-15(13)21-9-16(19)20/h5-8,10H,9H2,1-4H3,(H,19,20). The van der Waals surface area contributed by atoms with E-state index in [0.717, 1.165) is 22.3 Å². The average molecular weight is 288 g/mol. The van der Waals surface area contributed by atoms with Crippen molar-refractivity contribution in [3.05, 3.63) is 35.7 Å². The molecule has 0 atom stereocenters. The summed E-state index contributed by atoms with van der Waals surface area (Å²) in [4.78, 5) is 10.7. The third-order valence-electron chi connectivity index (χ3n) is 3.35. The number of carboxylic acid groups (broad SMARTS) is 1. The van der Waals surface area contributed by atoms with Crippen LogP contribution < -0.4 is 4.74 Å². The molecule has 5 heteroatoms. The fourth-order valence-electron chi connectivity index (χ4n) is 2.29. The molecule has 0 aliphatic heterocycles. The Bertz CT molecular complexity index is 660. The molecule has 0 unspecified atom stereocenters. The summed E-state index contributed by atoms with van der Waals surface area (Å²) >= 11 is 0. The van der Waals surface area contributed by atoms with Gasteiger partial charge < -0.3 is 9.84 Å². The second kappa shape index (κ2) is 5.99. The largest absolute Gasteiger partial charge is 0.482 e. The number of nitrogens with zero attached hydrogens (tertiary/aromatic N) is 2. The van der Waals surface area contributed by atoms with Gasteiger partial charge in [-0.1, -0.05) is 13.8 Å². The zero-order chi connectivity index (χ0) is 15.6. The van der Waals surface area contributed by atoms with Crippen LogP contribution in [0.25, 0.3) is 11.1 Å². The third kappa shape index (κ3) is 3.42. The Labute approximate surface area is 124 Å². The normalized spacial score (nSPS) is 10.9. The van der Waals surface area contributed by atoms with E-state index in [0.29, 0.717) is 5.75 Å². The summed E-state index contributed by atoms with van der Waals surface area (Å²) in [7, 11) is 1.88. The molecule has 0 aliphatic rings. The van der Waals surface area contributed by atoms with Crippen LogP contribution in [0.4, 0.5) is 0 Å². The highest BCUT2D eigenvalue weighted by Gasteiger charge is 2.14. The molecule has 112 valence electrons. The number of carboxylic acids is 1. The molecule has 1 heterocycles. The minimum absolute atomic E-state index is 0.241. The first-order valence-electron chi connectivity index (χ1n) is 6.86. The van der Waals surface area contributed by atoms with Crippen molar-refractivity contribution in [1.29, 1.82) is 0 Å². The smallest absolute Gasteiger partial charge is 0.341 e. The molecular weight excluding hydrogens is 268 g/mol. The molecule has 0 saturated heterocycles. The van der Waals surface area contributed by atoms with E-state index >= 15 is 0 Å². The van der Waals surface area contributed by atoms with Crippen molar-refractivity contribution >= 4 is 5.97 Å². The average Bonchev–Trinajstić information content (AvgIpc) is 2.82. The SMILES string of the molecule is Cc1cc(OCC(=O)O)c(C(C)C)cc1-c1cnn(C)c1. The van der Waals surface area contributed by atoms with Crippen LogP contribution in [0.1, 0.15) is 30.9 Å². The summed E-state index contributed by atoms with van der Waals surface area (Å²) in [5.41, 5.74) is 4.17. The van der Waals surface area contributed by atoms with Gasteiger partial charge in [0.2, 0.25) is 0 Å². The minimum Gasteiger partial charge on any atom is -0.482 e. The van der Waals surface area contributed by atoms with Crippen molar-refractivity contribution in [1.82, 2.24) is 9.78 Å². The van der Waals surface area contributed by atoms with Crippen molar-refractivity contribution in [2.24, 2.45) is 7.05 Å². The zero-order valence-corrected chi connectivity index (χ0v) is 12.8. The van der Waals surface area contributed by atoms with E-state index in [-0.39, 0.29) is 12.5 Å². The Morgan fingerprint density at radius 1 is 1.43 bits per heavy atom. The molecule has 0 bridgehead atoms. The predicted octanol–water partition coefficient (Wildman–Crippen LogP) is 2.98. The molecule has 0 fully saturated rings. The lowest BCUT2D eigenvalue weighted by molar-refractivity contribution is -0.139. The minimum atomic E-state index is -0.973. The number of rotatable bonds is 5. The van der Waals surface area contributed by atoms with E-state index in [2.05, 4.69) is 25.0 Å². The summed E-state index contributed by atoms with van der Waals surface area (Å²) in [5, 5.41) is 13.0. The molecule has 2 rings (SSSR count). The Balaban J connectivity index is 2.45. The summed E-state index contributed by atoms with van der Waals surface area (Å²) in [6.07, 6.45) is 3.79. The number of carbonyl (C=O) groups is 1. The van der Waals surface area contributed by atoms with Gasteiger partial charge in [-0.25, -0.2) is 4.79 Å². The summed E-state index contributed by atoms with van der Waals surface area (Å²) in [6.45, 7) is 5.78. The second-order valence-electron chi connectivity index (χ2n) is 5.44. The van der Waals surface area contributed by atoms with E-state index in [1.54, 1.807) is 4.68 Å². The lowest BCUT2D eigenvalue weighted by Gasteiger charge is -2.16. The Morgan fingerprint density at radius 2 is 2.14 bits per heavy atom. The van der Waals surface area contributed by atoms with Gasteiger partial charge in [-0.05, 0) is 41.7 Å². The van der Waals surface area contributed by atoms with Gasteiger partial charge in [0.1, 0.15) is 5.75 Å². The van der Waals surface area contributed by atoms with Crippen molar-refractivity contribution in [3.8, 4) is 16.9 Å². The van der Waals surface area contributed by atoms with Gasteiger partial charge in [0, 0.05) is 18.8 Å². The lowest BCUT2D eigenvalue weighted by Crippen LogP contribution is -2.11. The van der Waals surface area contributed by atoms with Crippen molar-refractivity contribution in [2.75, 3.05) is 6.61 Å². The quantitative estimate of drug-likeness (QED) is 0.918. The first-order chi connectivity index (χ1) is 9.88. The predicted molar refractivity (Wildman–Crippen MR) is 80.6 cm³/mol. The van der Waals surface area contributed by atoms with Crippen LogP contribution in [0.3, 0.4) is 0 Å². The monoisotopic (exact) mass is 288 g/mol. The lowest BCUT2D eigenvalue weighted by atomic mass is 9.94. The molecule has 5 nitrogen and oxygen atoms in total. The van der Waals surface area contributed by atoms with Gasteiger partial charge in [-0.3, -0.25) is 4.68 Å². The summed E-state index contributed by atoms with van der Waals surface area (Å²) in [5.74, 6) is -0.0962. The van der Waals surface area contributed by atoms with Gasteiger partial charge in [0.05, 0.1) is 6.20 Å². The van der Waals surface area contributed by atoms with E-state index in [1.165, 1.54) is 0 Å². The van der Waals surface area contributed by atoms with E-state index in [1.807, 2.05) is 32.4 Å². The molecule has 1 aromatic carbocycles. The highest BCUT2D eigenvalue weighted by atomic mass is 16.5. The Kier molecular flexibility index (Phi) is 4.31. The maximum atomic E-state index is 10.7. The van der Waals surface area contributed by atoms with Gasteiger partial charge in [-0.15, -0.1) is 0 Å². The van der Waals surface area contributed by atoms with Crippen LogP contribution in [0.15, 0.2) is 24.5 Å². The van der Waals surface area contributed by atoms with Gasteiger partial charge in [-0.2, -0.15) is 5.10 Å². The van der Waals surface area contributed by atoms with E-state index in [4.69, 9.17) is 9.84 Å². The van der Waals surface area contributed by atoms with Crippen LogP contribution >= 0.6 is 0 Å². The molecule has 0 amide bonds. The number of benzene rings is 1. The zero-order valence-electron chi connectivity index (χ0n) is 12.8. The number of hydrogen-bond donors (Lipinski definition) is 1. The van der Waals surface area contributed by atoms with E-state index in [9.17, 15) is 4.79 Å². The molecule has 0 saturated carbocycles. The molecule has 0 aliphatic carbocycles. The number of aromatic nitrogens is 2. The van der Waals surface area contributed by atoms with Crippen LogP contribution in [-0.4, -0.2) is 27.5 Å². The Morgan fingerprint density at radius 3 is 2.67 bits per heavy atom. The van der Waals surface area contributed by atoms with Gasteiger partial charge in [0.15, 0.2) is 6.61 Å². The highest BCUT2D eigenvalue weighted by Crippen LogP contribution is 2.34. The molecule has 1 N–H and O–H groups in total. The first-order valence-corrected chi connectivity index (χ1v) is 6.86. The summed E-state index contributed by atoms with van der Waals surface area (Å²) < 4.78 is 7.18. The molecule has 2 aromatic rings. The van der Waals surface area contributed by atoms with Crippen molar-refractivity contribution < 1.29 is 14.6 Å².